The van der Waals surface area contributed by atoms with Crippen LogP contribution >= 0.6 is 34.2 Å². The van der Waals surface area contributed by atoms with E-state index in [1.807, 2.05) is 74.2 Å². The fourth-order valence-electron chi connectivity index (χ4n) is 7.36. The van der Waals surface area contributed by atoms with Crippen LogP contribution < -0.4 is 15.3 Å². The molecule has 1 atom stereocenters. The number of carbonyl (C=O) groups is 2. The van der Waals surface area contributed by atoms with Crippen LogP contribution in [0.2, 0.25) is 5.02 Å². The Balaban J connectivity index is 1.29. The molecule has 1 saturated heterocycles. The van der Waals surface area contributed by atoms with E-state index in [1.54, 1.807) is 17.0 Å². The van der Waals surface area contributed by atoms with Crippen LogP contribution in [0.3, 0.4) is 0 Å². The number of phenols is 1. The van der Waals surface area contributed by atoms with Crippen LogP contribution in [0.4, 0.5) is 10.2 Å². The van der Waals surface area contributed by atoms with E-state index in [0.717, 1.165) is 21.1 Å². The molecule has 0 spiro atoms. The molecule has 0 aliphatic carbocycles. The molecule has 0 unspecified atom stereocenters. The van der Waals surface area contributed by atoms with Gasteiger partial charge in [0.15, 0.2) is 0 Å². The maximum absolute atomic E-state index is 16.2. The number of amides is 1. The van der Waals surface area contributed by atoms with Gasteiger partial charge in [-0.05, 0) is 98.5 Å². The van der Waals surface area contributed by atoms with Crippen LogP contribution in [-0.4, -0.2) is 63.7 Å². The molecule has 1 N–H and O–H groups in total. The van der Waals surface area contributed by atoms with Gasteiger partial charge in [-0.1, -0.05) is 67.9 Å². The van der Waals surface area contributed by atoms with E-state index in [2.05, 4.69) is 41.1 Å². The maximum Gasteiger partial charge on any atom is 0.354 e. The van der Waals surface area contributed by atoms with Gasteiger partial charge in [0.2, 0.25) is 5.91 Å². The largest absolute Gasteiger partial charge is 0.507 e. The molecule has 0 saturated carbocycles. The van der Waals surface area contributed by atoms with E-state index >= 15 is 4.39 Å². The van der Waals surface area contributed by atoms with Crippen molar-refractivity contribution in [1.29, 1.82) is 0 Å². The number of ether oxygens (including phenoxy) is 2. The van der Waals surface area contributed by atoms with Gasteiger partial charge in [0.05, 0.1) is 28.8 Å². The fourth-order valence-corrected chi connectivity index (χ4v) is 8.16. The second-order valence-corrected chi connectivity index (χ2v) is 16.7. The number of aromatic hydroxyl groups is 1. The van der Waals surface area contributed by atoms with E-state index in [1.165, 1.54) is 22.8 Å². The minimum atomic E-state index is -0.780. The van der Waals surface area contributed by atoms with Crippen molar-refractivity contribution in [3.8, 4) is 28.3 Å². The average molecular weight is 921 g/mol. The third kappa shape index (κ3) is 9.18. The quantitative estimate of drug-likeness (QED) is 0.0508. The first-order valence-electron chi connectivity index (χ1n) is 19.3. The Bertz CT molecular complexity index is 2400. The van der Waals surface area contributed by atoms with Crippen molar-refractivity contribution >= 4 is 62.8 Å². The fraction of sp³-hybridized carbons (Fsp3) is 0.333. The number of halogens is 3. The van der Waals surface area contributed by atoms with Crippen molar-refractivity contribution in [2.24, 2.45) is 5.41 Å². The van der Waals surface area contributed by atoms with Crippen LogP contribution in [0.15, 0.2) is 90.2 Å². The Kier molecular flexibility index (Phi) is 13.5. The number of aromatic nitrogens is 2. The molecule has 0 bridgehead atoms. The highest BCUT2D eigenvalue weighted by molar-refractivity contribution is 14.1. The Labute approximate surface area is 356 Å². The lowest BCUT2D eigenvalue weighted by Crippen LogP contribution is -2.54. The minimum absolute atomic E-state index is 0.106. The number of benzene rings is 4. The van der Waals surface area contributed by atoms with Crippen LogP contribution in [0.5, 0.6) is 11.5 Å². The maximum atomic E-state index is 16.2. The van der Waals surface area contributed by atoms with E-state index in [4.69, 9.17) is 21.1 Å². The van der Waals surface area contributed by atoms with Crippen LogP contribution in [0, 0.1) is 14.8 Å². The first kappa shape index (κ1) is 42.7. The standard InChI is InChI=1S/C45H47ClFIN4O6/c1-6-13-29-14-9-11-17-37(29)52-38-25-32(34(46)24-33(38)42(49-44(52)56)51-20-19-50(26-28(51)3)40(54)7-2)41-35(47)22-31(23-39(41)53)57-21-12-18-45(4,5)43(55)58-27-30-15-8-10-16-36(30)48/h7-11,14-17,22-25,28,53H,2,6,12-13,18-21,26-27H2,1,3-5H3/t28-/m0/s1. The second-order valence-electron chi connectivity index (χ2n) is 15.1. The normalized spacial score (nSPS) is 14.4. The molecule has 304 valence electrons. The van der Waals surface area contributed by atoms with Gasteiger partial charge in [-0.2, -0.15) is 4.98 Å². The number of esters is 1. The topological polar surface area (TPSA) is 114 Å². The summed E-state index contributed by atoms with van der Waals surface area (Å²) < 4.78 is 30.2. The first-order valence-corrected chi connectivity index (χ1v) is 20.8. The highest BCUT2D eigenvalue weighted by Gasteiger charge is 2.31. The lowest BCUT2D eigenvalue weighted by atomic mass is 9.88. The number of piperazine rings is 1. The molecule has 1 fully saturated rings. The van der Waals surface area contributed by atoms with Crippen LogP contribution in [0.1, 0.15) is 58.1 Å². The van der Waals surface area contributed by atoms with Crippen molar-refractivity contribution in [3.63, 3.8) is 0 Å². The summed E-state index contributed by atoms with van der Waals surface area (Å²) in [6.07, 6.45) is 3.75. The van der Waals surface area contributed by atoms with E-state index in [-0.39, 0.29) is 53.0 Å². The molecular formula is C45H47ClFIN4O6. The Hall–Kier alpha value is -4.95. The summed E-state index contributed by atoms with van der Waals surface area (Å²) in [6.45, 7) is 12.8. The Morgan fingerprint density at radius 3 is 2.50 bits per heavy atom. The third-order valence-corrected chi connectivity index (χ3v) is 11.9. The summed E-state index contributed by atoms with van der Waals surface area (Å²) in [6, 6.07) is 20.9. The average Bonchev–Trinajstić information content (AvgIpc) is 3.19. The molecular weight excluding hydrogens is 874 g/mol. The Morgan fingerprint density at radius 1 is 1.09 bits per heavy atom. The van der Waals surface area contributed by atoms with E-state index in [9.17, 15) is 19.5 Å². The van der Waals surface area contributed by atoms with Gasteiger partial charge in [-0.25, -0.2) is 9.18 Å². The number of anilines is 1. The number of rotatable bonds is 14. The van der Waals surface area contributed by atoms with Crippen LogP contribution in [-0.2, 0) is 27.4 Å². The molecule has 1 amide bonds. The molecule has 1 aromatic heterocycles. The van der Waals surface area contributed by atoms with E-state index < -0.39 is 22.7 Å². The molecule has 1 aliphatic rings. The zero-order chi connectivity index (χ0) is 41.7. The number of hydrogen-bond donors (Lipinski definition) is 1. The van der Waals surface area contributed by atoms with E-state index in [0.29, 0.717) is 61.3 Å². The lowest BCUT2D eigenvalue weighted by molar-refractivity contribution is -0.155. The summed E-state index contributed by atoms with van der Waals surface area (Å²) in [4.78, 5) is 47.8. The molecule has 58 heavy (non-hydrogen) atoms. The van der Waals surface area contributed by atoms with Crippen molar-refractivity contribution in [2.75, 3.05) is 31.1 Å². The van der Waals surface area contributed by atoms with Gasteiger partial charge in [-0.3, -0.25) is 14.2 Å². The number of fused-ring (bicyclic) bond motifs is 1. The third-order valence-electron chi connectivity index (χ3n) is 10.5. The molecule has 5 aromatic rings. The SMILES string of the molecule is C=CC(=O)N1CCN(c2nc(=O)n(-c3ccccc3CCC)c3cc(-c4c(O)cc(OCCCC(C)(C)C(=O)OCc5ccccc5I)cc4F)c(Cl)cc23)[C@@H](C)C1. The molecule has 2 heterocycles. The zero-order valence-electron chi connectivity index (χ0n) is 33.1. The summed E-state index contributed by atoms with van der Waals surface area (Å²) in [7, 11) is 0. The summed E-state index contributed by atoms with van der Waals surface area (Å²) in [5, 5.41) is 12.0. The van der Waals surface area contributed by atoms with Crippen molar-refractivity contribution in [3.05, 3.63) is 121 Å². The van der Waals surface area contributed by atoms with Gasteiger partial charge >= 0.3 is 11.7 Å². The van der Waals surface area contributed by atoms with Crippen molar-refractivity contribution in [1.82, 2.24) is 14.5 Å². The van der Waals surface area contributed by atoms with Crippen molar-refractivity contribution < 1.29 is 28.6 Å². The highest BCUT2D eigenvalue weighted by Crippen LogP contribution is 2.42. The van der Waals surface area contributed by atoms with Crippen molar-refractivity contribution in [2.45, 2.75) is 66.0 Å². The monoisotopic (exact) mass is 920 g/mol. The predicted molar refractivity (Wildman–Crippen MR) is 234 cm³/mol. The number of carbonyl (C=O) groups excluding carboxylic acids is 2. The Morgan fingerprint density at radius 2 is 1.81 bits per heavy atom. The first-order chi connectivity index (χ1) is 27.7. The molecule has 10 nitrogen and oxygen atoms in total. The van der Waals surface area contributed by atoms with Gasteiger partial charge < -0.3 is 24.4 Å². The number of phenolic OH excluding ortho intramolecular Hbond substituents is 1. The molecule has 4 aromatic carbocycles. The molecule has 1 aliphatic heterocycles. The molecule has 13 heteroatoms. The number of aryl methyl sites for hydroxylation is 1. The molecule has 6 rings (SSSR count). The molecule has 0 radical (unpaired) electrons. The number of para-hydroxylation sites is 1. The summed E-state index contributed by atoms with van der Waals surface area (Å²) in [5.41, 5.74) is 1.63. The number of nitrogens with zero attached hydrogens (tertiary/aromatic N) is 4. The summed E-state index contributed by atoms with van der Waals surface area (Å²) >= 11 is 9.17. The van der Waals surface area contributed by atoms with Gasteiger partial charge in [0.1, 0.15) is 29.7 Å². The second kappa shape index (κ2) is 18.3. The lowest BCUT2D eigenvalue weighted by Gasteiger charge is -2.40. The zero-order valence-corrected chi connectivity index (χ0v) is 36.0. The van der Waals surface area contributed by atoms with Gasteiger partial charge in [-0.15, -0.1) is 0 Å². The highest BCUT2D eigenvalue weighted by atomic mass is 127. The van der Waals surface area contributed by atoms with Gasteiger partial charge in [0.25, 0.3) is 0 Å². The predicted octanol–water partition coefficient (Wildman–Crippen LogP) is 9.26. The van der Waals surface area contributed by atoms with Gasteiger partial charge in [0, 0.05) is 62.9 Å². The number of hydrogen-bond acceptors (Lipinski definition) is 8. The smallest absolute Gasteiger partial charge is 0.354 e. The van der Waals surface area contributed by atoms with Crippen LogP contribution in [0.25, 0.3) is 27.7 Å². The summed E-state index contributed by atoms with van der Waals surface area (Å²) in [5.74, 6) is -1.18. The minimum Gasteiger partial charge on any atom is -0.507 e.